The fraction of sp³-hybridized carbons (Fsp3) is 0.500. The number of hydrogen-bond donors (Lipinski definition) is 1. The van der Waals surface area contributed by atoms with Gasteiger partial charge in [-0.25, -0.2) is 4.39 Å². The first kappa shape index (κ1) is 15.3. The summed E-state index contributed by atoms with van der Waals surface area (Å²) in [6.45, 7) is 3.87. The van der Waals surface area contributed by atoms with E-state index in [1.165, 1.54) is 6.07 Å². The van der Waals surface area contributed by atoms with Gasteiger partial charge in [-0.1, -0.05) is 42.6 Å². The molecule has 1 aromatic carbocycles. The quantitative estimate of drug-likeness (QED) is 0.872. The number of carbonyl (C=O) groups is 1. The van der Waals surface area contributed by atoms with Gasteiger partial charge in [-0.15, -0.1) is 0 Å². The molecule has 2 nitrogen and oxygen atoms in total. The number of ketones is 1. The normalized spacial score (nSPS) is 12.8. The van der Waals surface area contributed by atoms with Crippen molar-refractivity contribution in [2.45, 2.75) is 39.2 Å². The molecule has 0 aliphatic heterocycles. The van der Waals surface area contributed by atoms with Crippen molar-refractivity contribution in [1.82, 2.24) is 0 Å². The van der Waals surface area contributed by atoms with Gasteiger partial charge < -0.3 is 5.11 Å². The summed E-state index contributed by atoms with van der Waals surface area (Å²) in [5.41, 5.74) is 0.319. The second kappa shape index (κ2) is 7.00. The Morgan fingerprint density at radius 2 is 2.00 bits per heavy atom. The van der Waals surface area contributed by atoms with Gasteiger partial charge in [-0.2, -0.15) is 0 Å². The third-order valence-corrected chi connectivity index (χ3v) is 3.69. The van der Waals surface area contributed by atoms with Gasteiger partial charge >= 0.3 is 0 Å². The highest BCUT2D eigenvalue weighted by molar-refractivity contribution is 9.10. The van der Waals surface area contributed by atoms with Crippen LogP contribution in [0.15, 0.2) is 22.7 Å². The van der Waals surface area contributed by atoms with E-state index in [2.05, 4.69) is 15.9 Å². The molecule has 0 radical (unpaired) electrons. The van der Waals surface area contributed by atoms with Gasteiger partial charge in [0.1, 0.15) is 11.9 Å². The van der Waals surface area contributed by atoms with E-state index in [1.54, 1.807) is 12.1 Å². The number of rotatable bonds is 6. The monoisotopic (exact) mass is 316 g/mol. The van der Waals surface area contributed by atoms with Crippen LogP contribution in [0.5, 0.6) is 0 Å². The molecular formula is C14H18BrFO2. The molecule has 1 N–H and O–H groups in total. The Labute approximate surface area is 115 Å². The fourth-order valence-electron chi connectivity index (χ4n) is 1.97. The minimum absolute atomic E-state index is 0.0484. The molecule has 1 unspecified atom stereocenters. The highest BCUT2D eigenvalue weighted by Crippen LogP contribution is 2.19. The van der Waals surface area contributed by atoms with Crippen molar-refractivity contribution in [2.24, 2.45) is 5.92 Å². The molecule has 1 aromatic rings. The summed E-state index contributed by atoms with van der Waals surface area (Å²) in [6.07, 6.45) is 0.413. The first-order valence-electron chi connectivity index (χ1n) is 6.14. The molecule has 0 heterocycles. The SMILES string of the molecule is CCC(CC)C(O)C(=O)Cc1cc(Br)ccc1F. The zero-order valence-electron chi connectivity index (χ0n) is 10.6. The molecule has 18 heavy (non-hydrogen) atoms. The highest BCUT2D eigenvalue weighted by atomic mass is 79.9. The molecular weight excluding hydrogens is 299 g/mol. The lowest BCUT2D eigenvalue weighted by molar-refractivity contribution is -0.129. The molecule has 0 bridgehead atoms. The van der Waals surface area contributed by atoms with Gasteiger partial charge in [-0.3, -0.25) is 4.79 Å². The standard InChI is InChI=1S/C14H18BrFO2/c1-3-9(4-2)14(18)13(17)8-10-7-11(15)5-6-12(10)16/h5-7,9,14,18H,3-4,8H2,1-2H3. The topological polar surface area (TPSA) is 37.3 Å². The van der Waals surface area contributed by atoms with E-state index in [9.17, 15) is 14.3 Å². The van der Waals surface area contributed by atoms with E-state index in [-0.39, 0.29) is 18.1 Å². The van der Waals surface area contributed by atoms with E-state index in [0.717, 1.165) is 17.3 Å². The Hall–Kier alpha value is -0.740. The maximum atomic E-state index is 13.5. The van der Waals surface area contributed by atoms with Crippen LogP contribution in [0.25, 0.3) is 0 Å². The predicted molar refractivity (Wildman–Crippen MR) is 72.9 cm³/mol. The lowest BCUT2D eigenvalue weighted by Crippen LogP contribution is -2.30. The molecule has 0 saturated carbocycles. The molecule has 0 aliphatic carbocycles. The van der Waals surface area contributed by atoms with Gasteiger partial charge in [0.05, 0.1) is 0 Å². The van der Waals surface area contributed by atoms with Crippen molar-refractivity contribution in [1.29, 1.82) is 0 Å². The Morgan fingerprint density at radius 3 is 2.56 bits per heavy atom. The molecule has 0 saturated heterocycles. The van der Waals surface area contributed by atoms with Gasteiger partial charge in [0.25, 0.3) is 0 Å². The van der Waals surface area contributed by atoms with E-state index < -0.39 is 11.9 Å². The number of Topliss-reactive ketones (excluding diaryl/α,β-unsaturated/α-hetero) is 1. The number of halogens is 2. The third kappa shape index (κ3) is 3.89. The van der Waals surface area contributed by atoms with Crippen LogP contribution < -0.4 is 0 Å². The number of aliphatic hydroxyl groups excluding tert-OH is 1. The Morgan fingerprint density at radius 1 is 1.39 bits per heavy atom. The third-order valence-electron chi connectivity index (χ3n) is 3.20. The van der Waals surface area contributed by atoms with Crippen molar-refractivity contribution in [3.63, 3.8) is 0 Å². The average molecular weight is 317 g/mol. The van der Waals surface area contributed by atoms with Gasteiger partial charge in [0, 0.05) is 10.9 Å². The molecule has 1 atom stereocenters. The van der Waals surface area contributed by atoms with Crippen LogP contribution in [0.4, 0.5) is 4.39 Å². The largest absolute Gasteiger partial charge is 0.385 e. The summed E-state index contributed by atoms with van der Waals surface area (Å²) in [5.74, 6) is -0.781. The first-order valence-corrected chi connectivity index (χ1v) is 6.93. The zero-order valence-corrected chi connectivity index (χ0v) is 12.2. The van der Waals surface area contributed by atoms with Crippen LogP contribution in [0.3, 0.4) is 0 Å². The van der Waals surface area contributed by atoms with E-state index in [0.29, 0.717) is 5.56 Å². The summed E-state index contributed by atoms with van der Waals surface area (Å²) in [7, 11) is 0. The second-order valence-electron chi connectivity index (χ2n) is 4.40. The van der Waals surface area contributed by atoms with Gasteiger partial charge in [0.2, 0.25) is 0 Å². The van der Waals surface area contributed by atoms with Crippen molar-refractivity contribution in [3.05, 3.63) is 34.1 Å². The van der Waals surface area contributed by atoms with Crippen molar-refractivity contribution in [2.75, 3.05) is 0 Å². The Kier molecular flexibility index (Phi) is 5.96. The number of benzene rings is 1. The lowest BCUT2D eigenvalue weighted by atomic mass is 9.91. The summed E-state index contributed by atoms with van der Waals surface area (Å²) in [6, 6.07) is 4.48. The maximum Gasteiger partial charge on any atom is 0.166 e. The predicted octanol–water partition coefficient (Wildman–Crippen LogP) is 3.50. The van der Waals surface area contributed by atoms with Gasteiger partial charge in [0.15, 0.2) is 5.78 Å². The first-order chi connectivity index (χ1) is 8.49. The maximum absolute atomic E-state index is 13.5. The number of aliphatic hydroxyl groups is 1. The van der Waals surface area contributed by atoms with Crippen LogP contribution >= 0.6 is 15.9 Å². The van der Waals surface area contributed by atoms with E-state index in [1.807, 2.05) is 13.8 Å². The molecule has 0 aliphatic rings. The molecule has 0 spiro atoms. The van der Waals surface area contributed by atoms with Crippen LogP contribution in [0.1, 0.15) is 32.3 Å². The Balaban J connectivity index is 2.78. The van der Waals surface area contributed by atoms with E-state index in [4.69, 9.17) is 0 Å². The van der Waals surface area contributed by atoms with Crippen LogP contribution in [-0.4, -0.2) is 17.0 Å². The number of carbonyl (C=O) groups excluding carboxylic acids is 1. The molecule has 4 heteroatoms. The molecule has 1 rings (SSSR count). The van der Waals surface area contributed by atoms with Gasteiger partial charge in [-0.05, 0) is 29.7 Å². The van der Waals surface area contributed by atoms with E-state index >= 15 is 0 Å². The average Bonchev–Trinajstić information content (AvgIpc) is 2.35. The zero-order chi connectivity index (χ0) is 13.7. The fourth-order valence-corrected chi connectivity index (χ4v) is 2.38. The molecule has 0 amide bonds. The van der Waals surface area contributed by atoms with Crippen LogP contribution in [0, 0.1) is 11.7 Å². The lowest BCUT2D eigenvalue weighted by Gasteiger charge is -2.18. The summed E-state index contributed by atoms with van der Waals surface area (Å²) >= 11 is 3.24. The minimum Gasteiger partial charge on any atom is -0.385 e. The summed E-state index contributed by atoms with van der Waals surface area (Å²) in [4.78, 5) is 11.9. The summed E-state index contributed by atoms with van der Waals surface area (Å²) in [5, 5.41) is 9.92. The molecule has 100 valence electrons. The second-order valence-corrected chi connectivity index (χ2v) is 5.32. The van der Waals surface area contributed by atoms with Crippen LogP contribution in [-0.2, 0) is 11.2 Å². The van der Waals surface area contributed by atoms with Crippen molar-refractivity contribution < 1.29 is 14.3 Å². The Bertz CT molecular complexity index is 416. The highest BCUT2D eigenvalue weighted by Gasteiger charge is 2.24. The van der Waals surface area contributed by atoms with Crippen molar-refractivity contribution >= 4 is 21.7 Å². The van der Waals surface area contributed by atoms with Crippen molar-refractivity contribution in [3.8, 4) is 0 Å². The molecule has 0 fully saturated rings. The van der Waals surface area contributed by atoms with Crippen LogP contribution in [0.2, 0.25) is 0 Å². The molecule has 0 aromatic heterocycles. The smallest absolute Gasteiger partial charge is 0.166 e. The summed E-state index contributed by atoms with van der Waals surface area (Å²) < 4.78 is 14.2. The number of hydrogen-bond acceptors (Lipinski definition) is 2. The minimum atomic E-state index is -1.00.